The van der Waals surface area contributed by atoms with Gasteiger partial charge in [0.25, 0.3) is 0 Å². The van der Waals surface area contributed by atoms with E-state index < -0.39 is 0 Å². The summed E-state index contributed by atoms with van der Waals surface area (Å²) in [4.78, 5) is 18.4. The van der Waals surface area contributed by atoms with E-state index in [-0.39, 0.29) is 36.4 Å². The first-order valence-corrected chi connectivity index (χ1v) is 8.54. The van der Waals surface area contributed by atoms with Crippen LogP contribution in [0.25, 0.3) is 0 Å². The standard InChI is InChI=1S/C18H28N4O.HI/c1-3-19-18(21-14-17(23)22-11-4-5-12-22)20-10-9-16-8-6-7-15(2)13-16;/h6-8,13H,3-5,9-12,14H2,1-2H3,(H2,19,20,21);1H. The molecule has 2 rings (SSSR count). The summed E-state index contributed by atoms with van der Waals surface area (Å²) in [6.45, 7) is 7.70. The number of carbonyl (C=O) groups is 1. The summed E-state index contributed by atoms with van der Waals surface area (Å²) in [7, 11) is 0. The molecule has 0 saturated carbocycles. The van der Waals surface area contributed by atoms with Crippen molar-refractivity contribution in [3.63, 3.8) is 0 Å². The summed E-state index contributed by atoms with van der Waals surface area (Å²) in [6, 6.07) is 8.52. The summed E-state index contributed by atoms with van der Waals surface area (Å²) in [5.74, 6) is 0.839. The van der Waals surface area contributed by atoms with E-state index in [0.717, 1.165) is 45.4 Å². The van der Waals surface area contributed by atoms with Crippen molar-refractivity contribution < 1.29 is 4.79 Å². The number of halogens is 1. The number of nitrogens with zero attached hydrogens (tertiary/aromatic N) is 2. The van der Waals surface area contributed by atoms with Crippen LogP contribution in [0.15, 0.2) is 29.3 Å². The molecule has 0 atom stereocenters. The van der Waals surface area contributed by atoms with Gasteiger partial charge < -0.3 is 15.5 Å². The van der Waals surface area contributed by atoms with E-state index >= 15 is 0 Å². The lowest BCUT2D eigenvalue weighted by atomic mass is 10.1. The molecule has 0 aliphatic carbocycles. The molecule has 1 aromatic rings. The van der Waals surface area contributed by atoms with Gasteiger partial charge in [0.2, 0.25) is 5.91 Å². The maximum Gasteiger partial charge on any atom is 0.244 e. The van der Waals surface area contributed by atoms with Crippen molar-refractivity contribution in [1.29, 1.82) is 0 Å². The highest BCUT2D eigenvalue weighted by molar-refractivity contribution is 14.0. The molecule has 1 aliphatic heterocycles. The lowest BCUT2D eigenvalue weighted by Crippen LogP contribution is -2.39. The van der Waals surface area contributed by atoms with Crippen LogP contribution in [0.5, 0.6) is 0 Å². The molecule has 0 radical (unpaired) electrons. The summed E-state index contributed by atoms with van der Waals surface area (Å²) < 4.78 is 0. The van der Waals surface area contributed by atoms with Crippen LogP contribution in [0.3, 0.4) is 0 Å². The van der Waals surface area contributed by atoms with E-state index in [9.17, 15) is 4.79 Å². The van der Waals surface area contributed by atoms with Gasteiger partial charge in [-0.15, -0.1) is 24.0 Å². The fourth-order valence-corrected chi connectivity index (χ4v) is 2.75. The monoisotopic (exact) mass is 444 g/mol. The molecular formula is C18H29IN4O. The summed E-state index contributed by atoms with van der Waals surface area (Å²) in [5.41, 5.74) is 2.58. The third kappa shape index (κ3) is 7.07. The molecule has 1 aromatic carbocycles. The fraction of sp³-hybridized carbons (Fsp3) is 0.556. The molecule has 1 saturated heterocycles. The number of hydrogen-bond acceptors (Lipinski definition) is 2. The third-order valence-corrected chi connectivity index (χ3v) is 3.96. The maximum absolute atomic E-state index is 12.1. The Morgan fingerprint density at radius 3 is 2.67 bits per heavy atom. The van der Waals surface area contributed by atoms with E-state index in [0.29, 0.717) is 5.96 Å². The number of nitrogens with one attached hydrogen (secondary N) is 2. The maximum atomic E-state index is 12.1. The first-order valence-electron chi connectivity index (χ1n) is 8.54. The molecule has 0 spiro atoms. The summed E-state index contributed by atoms with van der Waals surface area (Å²) in [6.07, 6.45) is 3.17. The van der Waals surface area contributed by atoms with Gasteiger partial charge in [0.15, 0.2) is 5.96 Å². The minimum atomic E-state index is 0. The zero-order valence-corrected chi connectivity index (χ0v) is 17.0. The number of benzene rings is 1. The van der Waals surface area contributed by atoms with Crippen LogP contribution in [0.2, 0.25) is 0 Å². The van der Waals surface area contributed by atoms with Gasteiger partial charge in [-0.25, -0.2) is 4.99 Å². The highest BCUT2D eigenvalue weighted by atomic mass is 127. The fourth-order valence-electron chi connectivity index (χ4n) is 2.75. The second-order valence-corrected chi connectivity index (χ2v) is 5.95. The predicted octanol–water partition coefficient (Wildman–Crippen LogP) is 2.33. The van der Waals surface area contributed by atoms with Crippen molar-refractivity contribution in [1.82, 2.24) is 15.5 Å². The first-order chi connectivity index (χ1) is 11.2. The number of likely N-dealkylation sites (tertiary alicyclic amines) is 1. The van der Waals surface area contributed by atoms with E-state index in [2.05, 4.69) is 46.8 Å². The molecular weight excluding hydrogens is 415 g/mol. The van der Waals surface area contributed by atoms with Crippen molar-refractivity contribution >= 4 is 35.8 Å². The Balaban J connectivity index is 0.00000288. The zero-order valence-electron chi connectivity index (χ0n) is 14.7. The Bertz CT molecular complexity index is 542. The second-order valence-electron chi connectivity index (χ2n) is 5.95. The van der Waals surface area contributed by atoms with Crippen LogP contribution in [0.1, 0.15) is 30.9 Å². The Morgan fingerprint density at radius 1 is 1.25 bits per heavy atom. The Labute approximate surface area is 162 Å². The highest BCUT2D eigenvalue weighted by Gasteiger charge is 2.17. The van der Waals surface area contributed by atoms with Gasteiger partial charge in [0.05, 0.1) is 0 Å². The SMILES string of the molecule is CCNC(=NCC(=O)N1CCCC1)NCCc1cccc(C)c1.I. The smallest absolute Gasteiger partial charge is 0.244 e. The molecule has 0 bridgehead atoms. The zero-order chi connectivity index (χ0) is 16.5. The van der Waals surface area contributed by atoms with Gasteiger partial charge in [-0.3, -0.25) is 4.79 Å². The van der Waals surface area contributed by atoms with Gasteiger partial charge in [0, 0.05) is 26.2 Å². The number of carbonyl (C=O) groups excluding carboxylic acids is 1. The van der Waals surface area contributed by atoms with Crippen molar-refractivity contribution in [2.45, 2.75) is 33.1 Å². The molecule has 6 heteroatoms. The Kier molecular flexibility index (Phi) is 9.75. The molecule has 0 unspecified atom stereocenters. The normalized spacial score (nSPS) is 14.2. The van der Waals surface area contributed by atoms with E-state index in [1.165, 1.54) is 11.1 Å². The highest BCUT2D eigenvalue weighted by Crippen LogP contribution is 2.07. The molecule has 134 valence electrons. The van der Waals surface area contributed by atoms with E-state index in [1.54, 1.807) is 0 Å². The van der Waals surface area contributed by atoms with Gasteiger partial charge in [-0.1, -0.05) is 29.8 Å². The van der Waals surface area contributed by atoms with Crippen molar-refractivity contribution in [3.8, 4) is 0 Å². The summed E-state index contributed by atoms with van der Waals surface area (Å²) in [5, 5.41) is 6.50. The van der Waals surface area contributed by atoms with Gasteiger partial charge in [-0.2, -0.15) is 0 Å². The van der Waals surface area contributed by atoms with Gasteiger partial charge in [-0.05, 0) is 38.7 Å². The molecule has 2 N–H and O–H groups in total. The lowest BCUT2D eigenvalue weighted by molar-refractivity contribution is -0.128. The van der Waals surface area contributed by atoms with Crippen molar-refractivity contribution in [2.75, 3.05) is 32.7 Å². The third-order valence-electron chi connectivity index (χ3n) is 3.96. The van der Waals surface area contributed by atoms with Gasteiger partial charge >= 0.3 is 0 Å². The molecule has 0 aromatic heterocycles. The van der Waals surface area contributed by atoms with Crippen LogP contribution in [0, 0.1) is 6.92 Å². The molecule has 1 heterocycles. The Hall–Kier alpha value is -1.31. The first kappa shape index (κ1) is 20.7. The molecule has 24 heavy (non-hydrogen) atoms. The molecule has 1 aliphatic rings. The number of aryl methyl sites for hydroxylation is 1. The minimum absolute atomic E-state index is 0. The lowest BCUT2D eigenvalue weighted by Gasteiger charge is -2.15. The molecule has 1 fully saturated rings. The number of hydrogen-bond donors (Lipinski definition) is 2. The van der Waals surface area contributed by atoms with E-state index in [1.807, 2.05) is 11.8 Å². The molecule has 5 nitrogen and oxygen atoms in total. The van der Waals surface area contributed by atoms with Crippen molar-refractivity contribution in [2.24, 2.45) is 4.99 Å². The van der Waals surface area contributed by atoms with Crippen molar-refractivity contribution in [3.05, 3.63) is 35.4 Å². The number of guanidine groups is 1. The van der Waals surface area contributed by atoms with E-state index in [4.69, 9.17) is 0 Å². The molecule has 1 amide bonds. The minimum Gasteiger partial charge on any atom is -0.357 e. The van der Waals surface area contributed by atoms with Gasteiger partial charge in [0.1, 0.15) is 6.54 Å². The predicted molar refractivity (Wildman–Crippen MR) is 110 cm³/mol. The van der Waals surface area contributed by atoms with Crippen LogP contribution in [0.4, 0.5) is 0 Å². The largest absolute Gasteiger partial charge is 0.357 e. The van der Waals surface area contributed by atoms with Crippen LogP contribution in [-0.4, -0.2) is 49.5 Å². The number of amides is 1. The number of aliphatic imine (C=N–C) groups is 1. The average molecular weight is 444 g/mol. The quantitative estimate of drug-likeness (QED) is 0.403. The number of rotatable bonds is 6. The summed E-state index contributed by atoms with van der Waals surface area (Å²) >= 11 is 0. The second kappa shape index (κ2) is 11.3. The van der Waals surface area contributed by atoms with Crippen LogP contribution < -0.4 is 10.6 Å². The van der Waals surface area contributed by atoms with Crippen LogP contribution in [-0.2, 0) is 11.2 Å². The van der Waals surface area contributed by atoms with Crippen LogP contribution >= 0.6 is 24.0 Å². The topological polar surface area (TPSA) is 56.7 Å². The Morgan fingerprint density at radius 2 is 2.00 bits per heavy atom. The average Bonchev–Trinajstić information content (AvgIpc) is 3.07.